The van der Waals surface area contributed by atoms with E-state index in [0.29, 0.717) is 23.4 Å². The number of nitrogens with one attached hydrogen (secondary N) is 2. The minimum atomic E-state index is -0.616. The lowest BCUT2D eigenvalue weighted by Gasteiger charge is -2.12. The van der Waals surface area contributed by atoms with Crippen LogP contribution in [0.3, 0.4) is 0 Å². The van der Waals surface area contributed by atoms with Crippen LogP contribution in [0.5, 0.6) is 0 Å². The van der Waals surface area contributed by atoms with Crippen molar-refractivity contribution in [1.29, 1.82) is 0 Å². The topological polar surface area (TPSA) is 70.6 Å². The molecule has 2 amide bonds. The first-order valence-corrected chi connectivity index (χ1v) is 10.5. The van der Waals surface area contributed by atoms with Crippen LogP contribution in [-0.4, -0.2) is 28.6 Å². The molecule has 0 saturated carbocycles. The summed E-state index contributed by atoms with van der Waals surface area (Å²) >= 11 is 5.35. The van der Waals surface area contributed by atoms with Gasteiger partial charge in [-0.25, -0.2) is 0 Å². The van der Waals surface area contributed by atoms with E-state index in [0.717, 1.165) is 22.5 Å². The number of thiocarbonyl (C=S) groups is 1. The van der Waals surface area contributed by atoms with Crippen molar-refractivity contribution in [3.8, 4) is 0 Å². The molecule has 31 heavy (non-hydrogen) atoms. The van der Waals surface area contributed by atoms with Gasteiger partial charge in [-0.05, 0) is 24.6 Å². The summed E-state index contributed by atoms with van der Waals surface area (Å²) in [5, 5.41) is 5.72. The van der Waals surface area contributed by atoms with Gasteiger partial charge in [0.2, 0.25) is 5.91 Å². The molecule has 0 fully saturated rings. The summed E-state index contributed by atoms with van der Waals surface area (Å²) in [6.07, 6.45) is 0.762. The Bertz CT molecular complexity index is 1140. The smallest absolute Gasteiger partial charge is 0.256 e. The van der Waals surface area contributed by atoms with Gasteiger partial charge in [0.05, 0.1) is 16.4 Å². The van der Waals surface area contributed by atoms with Crippen LogP contribution in [0.1, 0.15) is 34.3 Å². The van der Waals surface area contributed by atoms with Crippen LogP contribution >= 0.6 is 12.2 Å². The quantitative estimate of drug-likeness (QED) is 0.594. The summed E-state index contributed by atoms with van der Waals surface area (Å²) in [6.45, 7) is 0. The van der Waals surface area contributed by atoms with Gasteiger partial charge < -0.3 is 10.6 Å². The van der Waals surface area contributed by atoms with Crippen LogP contribution in [0.2, 0.25) is 0 Å². The SMILES string of the molecule is O=C(NC(=S)CCC1N=C(c2ccccc2)c2ccccc2NC1=O)c1ccccc1. The van der Waals surface area contributed by atoms with Gasteiger partial charge in [-0.1, -0.05) is 78.9 Å². The highest BCUT2D eigenvalue weighted by molar-refractivity contribution is 7.80. The minimum absolute atomic E-state index is 0.185. The van der Waals surface area contributed by atoms with E-state index in [1.54, 1.807) is 24.3 Å². The van der Waals surface area contributed by atoms with Gasteiger partial charge in [-0.2, -0.15) is 0 Å². The third-order valence-electron chi connectivity index (χ3n) is 5.01. The first kappa shape index (κ1) is 20.6. The van der Waals surface area contributed by atoms with Gasteiger partial charge in [0.1, 0.15) is 6.04 Å². The highest BCUT2D eigenvalue weighted by atomic mass is 32.1. The molecule has 0 saturated heterocycles. The highest BCUT2D eigenvalue weighted by Gasteiger charge is 2.25. The lowest BCUT2D eigenvalue weighted by molar-refractivity contribution is -0.117. The van der Waals surface area contributed by atoms with Gasteiger partial charge in [-0.3, -0.25) is 14.6 Å². The van der Waals surface area contributed by atoms with Crippen LogP contribution < -0.4 is 10.6 Å². The Labute approximate surface area is 186 Å². The van der Waals surface area contributed by atoms with Gasteiger partial charge in [0.25, 0.3) is 5.91 Å². The number of carbonyl (C=O) groups is 2. The Hall–Kier alpha value is -3.64. The monoisotopic (exact) mass is 427 g/mol. The molecule has 0 spiro atoms. The van der Waals surface area contributed by atoms with Crippen molar-refractivity contribution < 1.29 is 9.59 Å². The third-order valence-corrected chi connectivity index (χ3v) is 5.31. The molecule has 6 heteroatoms. The summed E-state index contributed by atoms with van der Waals surface area (Å²) < 4.78 is 0. The second-order valence-electron chi connectivity index (χ2n) is 7.18. The molecule has 2 N–H and O–H groups in total. The molecule has 0 bridgehead atoms. The number of nitrogens with zero attached hydrogens (tertiary/aromatic N) is 1. The van der Waals surface area contributed by atoms with E-state index >= 15 is 0 Å². The van der Waals surface area contributed by atoms with Crippen molar-refractivity contribution >= 4 is 40.4 Å². The molecule has 1 heterocycles. The van der Waals surface area contributed by atoms with Crippen LogP contribution in [-0.2, 0) is 4.79 Å². The number of fused-ring (bicyclic) bond motifs is 1. The second-order valence-corrected chi connectivity index (χ2v) is 7.67. The van der Waals surface area contributed by atoms with Crippen LogP contribution in [0.25, 0.3) is 0 Å². The van der Waals surface area contributed by atoms with E-state index in [2.05, 4.69) is 10.6 Å². The van der Waals surface area contributed by atoms with Gasteiger partial charge in [0.15, 0.2) is 0 Å². The van der Waals surface area contributed by atoms with Gasteiger partial charge in [0, 0.05) is 23.1 Å². The van der Waals surface area contributed by atoms with Gasteiger partial charge in [-0.15, -0.1) is 0 Å². The zero-order valence-electron chi connectivity index (χ0n) is 16.7. The molecule has 1 aliphatic heterocycles. The maximum absolute atomic E-state index is 12.9. The standard InChI is InChI=1S/C25H21N3O2S/c29-24(18-11-5-2-6-12-18)28-22(31)16-15-21-25(30)27-20-14-8-7-13-19(20)23(26-21)17-9-3-1-4-10-17/h1-14,21H,15-16H2,(H,27,30)(H,28,29,31). The highest BCUT2D eigenvalue weighted by Crippen LogP contribution is 2.25. The van der Waals surface area contributed by atoms with E-state index in [4.69, 9.17) is 17.2 Å². The molecular weight excluding hydrogens is 406 g/mol. The molecule has 3 aromatic carbocycles. The van der Waals surface area contributed by atoms with Crippen molar-refractivity contribution in [2.24, 2.45) is 4.99 Å². The fourth-order valence-corrected chi connectivity index (χ4v) is 3.65. The summed E-state index contributed by atoms with van der Waals surface area (Å²) in [7, 11) is 0. The first-order chi connectivity index (χ1) is 15.1. The maximum atomic E-state index is 12.9. The number of amides is 2. The van der Waals surface area contributed by atoms with Crippen LogP contribution in [0.15, 0.2) is 89.9 Å². The zero-order chi connectivity index (χ0) is 21.6. The van der Waals surface area contributed by atoms with E-state index in [9.17, 15) is 9.59 Å². The van der Waals surface area contributed by atoms with E-state index in [1.807, 2.05) is 60.7 Å². The van der Waals surface area contributed by atoms with Crippen molar-refractivity contribution in [3.05, 3.63) is 102 Å². The number of anilines is 1. The molecule has 3 aromatic rings. The summed E-state index contributed by atoms with van der Waals surface area (Å²) in [6, 6.07) is 25.7. The number of aliphatic imine (C=N–C) groups is 1. The molecular formula is C25H21N3O2S. The fraction of sp³-hybridized carbons (Fsp3) is 0.120. The number of rotatable bonds is 5. The summed E-state index contributed by atoms with van der Waals surface area (Å²) in [5.74, 6) is -0.438. The van der Waals surface area contributed by atoms with Crippen LogP contribution in [0.4, 0.5) is 5.69 Å². The predicted octanol–water partition coefficient (Wildman–Crippen LogP) is 4.38. The molecule has 1 aliphatic rings. The molecule has 0 radical (unpaired) electrons. The Balaban J connectivity index is 1.52. The lowest BCUT2D eigenvalue weighted by atomic mass is 10.0. The molecule has 1 unspecified atom stereocenters. The molecule has 0 aliphatic carbocycles. The van der Waals surface area contributed by atoms with E-state index in [1.165, 1.54) is 0 Å². The lowest BCUT2D eigenvalue weighted by Crippen LogP contribution is -2.31. The summed E-state index contributed by atoms with van der Waals surface area (Å²) in [4.78, 5) is 30.4. The average molecular weight is 428 g/mol. The van der Waals surface area contributed by atoms with Crippen molar-refractivity contribution in [2.75, 3.05) is 5.32 Å². The number of benzene rings is 3. The normalized spacial score (nSPS) is 15.2. The molecule has 5 nitrogen and oxygen atoms in total. The molecule has 154 valence electrons. The predicted molar refractivity (Wildman–Crippen MR) is 127 cm³/mol. The Morgan fingerprint density at radius 1 is 0.935 bits per heavy atom. The van der Waals surface area contributed by atoms with Crippen LogP contribution in [0, 0.1) is 0 Å². The second kappa shape index (κ2) is 9.45. The largest absolute Gasteiger partial charge is 0.324 e. The van der Waals surface area contributed by atoms with Crippen molar-refractivity contribution in [1.82, 2.24) is 5.32 Å². The third kappa shape index (κ3) is 4.92. The van der Waals surface area contributed by atoms with Crippen molar-refractivity contribution in [3.63, 3.8) is 0 Å². The van der Waals surface area contributed by atoms with E-state index < -0.39 is 6.04 Å². The zero-order valence-corrected chi connectivity index (χ0v) is 17.6. The van der Waals surface area contributed by atoms with Gasteiger partial charge >= 0.3 is 0 Å². The Morgan fingerprint density at radius 3 is 2.32 bits per heavy atom. The number of carbonyl (C=O) groups excluding carboxylic acids is 2. The van der Waals surface area contributed by atoms with Crippen molar-refractivity contribution in [2.45, 2.75) is 18.9 Å². The summed E-state index contributed by atoms with van der Waals surface area (Å²) in [5.41, 5.74) is 3.86. The first-order valence-electron chi connectivity index (χ1n) is 10.0. The molecule has 4 rings (SSSR count). The number of para-hydroxylation sites is 1. The number of hydrogen-bond acceptors (Lipinski definition) is 4. The molecule has 0 aromatic heterocycles. The minimum Gasteiger partial charge on any atom is -0.324 e. The Morgan fingerprint density at radius 2 is 1.58 bits per heavy atom. The molecule has 1 atom stereocenters. The Kier molecular flexibility index (Phi) is 6.29. The fourth-order valence-electron chi connectivity index (χ4n) is 3.44. The average Bonchev–Trinajstić information content (AvgIpc) is 2.94. The maximum Gasteiger partial charge on any atom is 0.256 e. The van der Waals surface area contributed by atoms with E-state index in [-0.39, 0.29) is 11.8 Å². The number of hydrogen-bond donors (Lipinski definition) is 2. The number of benzodiazepines with no additional fused rings is 1.